The summed E-state index contributed by atoms with van der Waals surface area (Å²) in [4.78, 5) is 19.5. The molecule has 0 spiro atoms. The summed E-state index contributed by atoms with van der Waals surface area (Å²) in [5.41, 5.74) is 4.84. The van der Waals surface area contributed by atoms with Gasteiger partial charge in [0.2, 0.25) is 0 Å². The highest BCUT2D eigenvalue weighted by Gasteiger charge is 2.30. The Hall–Kier alpha value is -1.62. The molecule has 1 aromatic carbocycles. The Morgan fingerprint density at radius 1 is 1.24 bits per heavy atom. The van der Waals surface area contributed by atoms with E-state index in [0.29, 0.717) is 16.5 Å². The molecule has 0 aliphatic heterocycles. The van der Waals surface area contributed by atoms with Gasteiger partial charge in [0, 0.05) is 16.0 Å². The average Bonchev–Trinajstić information content (AvgIpc) is 3.05. The fraction of sp³-hybridized carbons (Fsp3) is 0.391. The van der Waals surface area contributed by atoms with Crippen molar-refractivity contribution in [2.24, 2.45) is 0 Å². The van der Waals surface area contributed by atoms with Crippen molar-refractivity contribution >= 4 is 50.7 Å². The maximum Gasteiger partial charge on any atom is 0.311 e. The highest BCUT2D eigenvalue weighted by molar-refractivity contribution is 7.19. The Bertz CT molecular complexity index is 1110. The third-order valence-corrected chi connectivity index (χ3v) is 7.69. The van der Waals surface area contributed by atoms with Crippen LogP contribution in [0, 0.1) is 6.92 Å². The Morgan fingerprint density at radius 3 is 2.69 bits per heavy atom. The third-order valence-electron chi connectivity index (χ3n) is 5.76. The lowest BCUT2D eigenvalue weighted by atomic mass is 9.83. The number of carbonyl (C=O) groups is 1. The highest BCUT2D eigenvalue weighted by Crippen LogP contribution is 2.46. The molecule has 0 bridgehead atoms. The van der Waals surface area contributed by atoms with Crippen molar-refractivity contribution in [2.45, 2.75) is 58.3 Å². The molecule has 3 nitrogen and oxygen atoms in total. The number of thiophene rings is 1. The molecule has 0 saturated carbocycles. The predicted molar refractivity (Wildman–Crippen MR) is 122 cm³/mol. The number of aliphatic carboxylic acids is 1. The summed E-state index contributed by atoms with van der Waals surface area (Å²) in [5.74, 6) is -1.40. The van der Waals surface area contributed by atoms with E-state index >= 15 is 0 Å². The summed E-state index contributed by atoms with van der Waals surface area (Å²) in [5, 5.41) is 12.1. The molecule has 6 heteroatoms. The molecule has 1 atom stereocenters. The smallest absolute Gasteiger partial charge is 0.311 e. The first-order valence-electron chi connectivity index (χ1n) is 10.0. The number of rotatable bonds is 5. The van der Waals surface area contributed by atoms with Gasteiger partial charge in [-0.25, -0.2) is 4.98 Å². The van der Waals surface area contributed by atoms with E-state index in [1.165, 1.54) is 16.9 Å². The van der Waals surface area contributed by atoms with Crippen molar-refractivity contribution in [3.8, 4) is 11.1 Å². The highest BCUT2D eigenvalue weighted by atomic mass is 35.5. The average molecular weight is 448 g/mol. The lowest BCUT2D eigenvalue weighted by Crippen LogP contribution is -2.15. The van der Waals surface area contributed by atoms with Crippen LogP contribution in [0.2, 0.25) is 10.0 Å². The maximum atomic E-state index is 12.2. The molecular formula is C23H23Cl2NO2S. The van der Waals surface area contributed by atoms with Gasteiger partial charge in [0.15, 0.2) is 0 Å². The molecule has 2 aromatic heterocycles. The zero-order valence-electron chi connectivity index (χ0n) is 16.5. The van der Waals surface area contributed by atoms with E-state index in [0.717, 1.165) is 58.3 Å². The monoisotopic (exact) mass is 447 g/mol. The summed E-state index contributed by atoms with van der Waals surface area (Å²) in [7, 11) is 0. The maximum absolute atomic E-state index is 12.2. The van der Waals surface area contributed by atoms with Crippen molar-refractivity contribution in [3.05, 3.63) is 49.9 Å². The van der Waals surface area contributed by atoms with Gasteiger partial charge in [0.25, 0.3) is 0 Å². The number of carboxylic acid groups (broad SMARTS) is 1. The summed E-state index contributed by atoms with van der Waals surface area (Å²) >= 11 is 14.3. The van der Waals surface area contributed by atoms with Gasteiger partial charge in [-0.1, -0.05) is 42.6 Å². The van der Waals surface area contributed by atoms with Gasteiger partial charge in [-0.3, -0.25) is 4.79 Å². The summed E-state index contributed by atoms with van der Waals surface area (Å²) < 4.78 is 0. The van der Waals surface area contributed by atoms with Crippen molar-refractivity contribution < 1.29 is 9.90 Å². The molecule has 1 unspecified atom stereocenters. The Morgan fingerprint density at radius 2 is 2.00 bits per heavy atom. The summed E-state index contributed by atoms with van der Waals surface area (Å²) in [6, 6.07) is 5.60. The Balaban J connectivity index is 2.11. The molecule has 0 radical (unpaired) electrons. The van der Waals surface area contributed by atoms with Crippen LogP contribution in [-0.2, 0) is 17.6 Å². The number of fused-ring (bicyclic) bond motifs is 3. The minimum Gasteiger partial charge on any atom is -0.481 e. The van der Waals surface area contributed by atoms with E-state index in [9.17, 15) is 9.90 Å². The van der Waals surface area contributed by atoms with Crippen LogP contribution in [-0.4, -0.2) is 16.1 Å². The normalized spacial score (nSPS) is 14.8. The number of carboxylic acids is 1. The number of pyridine rings is 1. The molecular weight excluding hydrogens is 425 g/mol. The number of nitrogens with zero attached hydrogens (tertiary/aromatic N) is 1. The zero-order valence-corrected chi connectivity index (χ0v) is 18.8. The van der Waals surface area contributed by atoms with Crippen LogP contribution in [0.15, 0.2) is 18.2 Å². The lowest BCUT2D eigenvalue weighted by Gasteiger charge is -2.21. The number of aromatic nitrogens is 1. The molecule has 0 fully saturated rings. The molecule has 4 rings (SSSR count). The van der Waals surface area contributed by atoms with Gasteiger partial charge in [-0.2, -0.15) is 0 Å². The van der Waals surface area contributed by atoms with Gasteiger partial charge < -0.3 is 5.11 Å². The first-order valence-corrected chi connectivity index (χ1v) is 11.6. The quantitative estimate of drug-likeness (QED) is 0.442. The fourth-order valence-corrected chi connectivity index (χ4v) is 6.09. The van der Waals surface area contributed by atoms with E-state index in [1.54, 1.807) is 17.4 Å². The van der Waals surface area contributed by atoms with Crippen LogP contribution in [0.5, 0.6) is 0 Å². The van der Waals surface area contributed by atoms with E-state index in [1.807, 2.05) is 26.0 Å². The summed E-state index contributed by atoms with van der Waals surface area (Å²) in [6.45, 7) is 3.95. The zero-order chi connectivity index (χ0) is 20.7. The molecule has 2 heterocycles. The SMILES string of the molecule is CCCC(C(=O)O)c1c(C)nc2sc3c(c2c1-c1ccc(Cl)c(Cl)c1)CCCC3. The number of hydrogen-bond acceptors (Lipinski definition) is 3. The summed E-state index contributed by atoms with van der Waals surface area (Å²) in [6.07, 6.45) is 5.80. The molecule has 1 aliphatic rings. The molecule has 1 N–H and O–H groups in total. The standard InChI is InChI=1S/C23H23Cl2NO2S/c1-3-6-15(23(27)28)19-12(2)26-22-21(14-7-4-5-8-18(14)29-22)20(19)13-9-10-16(24)17(25)11-13/h9-11,15H,3-8H2,1-2H3,(H,27,28). The van der Waals surface area contributed by atoms with Gasteiger partial charge >= 0.3 is 5.97 Å². The topological polar surface area (TPSA) is 50.2 Å². The first-order chi connectivity index (χ1) is 13.9. The lowest BCUT2D eigenvalue weighted by molar-refractivity contribution is -0.139. The second kappa shape index (κ2) is 8.25. The third kappa shape index (κ3) is 3.67. The second-order valence-corrected chi connectivity index (χ2v) is 9.58. The van der Waals surface area contributed by atoms with Crippen molar-refractivity contribution in [1.82, 2.24) is 4.98 Å². The van der Waals surface area contributed by atoms with Gasteiger partial charge in [0.1, 0.15) is 4.83 Å². The van der Waals surface area contributed by atoms with Crippen molar-refractivity contribution in [2.75, 3.05) is 0 Å². The largest absolute Gasteiger partial charge is 0.481 e. The van der Waals surface area contributed by atoms with Crippen LogP contribution in [0.4, 0.5) is 0 Å². The van der Waals surface area contributed by atoms with E-state index in [4.69, 9.17) is 28.2 Å². The number of aryl methyl sites for hydroxylation is 3. The molecule has 152 valence electrons. The van der Waals surface area contributed by atoms with Crippen LogP contribution in [0.3, 0.4) is 0 Å². The fourth-order valence-electron chi connectivity index (χ4n) is 4.47. The molecule has 0 amide bonds. The second-order valence-electron chi connectivity index (χ2n) is 7.69. The van der Waals surface area contributed by atoms with E-state index in [2.05, 4.69) is 0 Å². The first kappa shape index (κ1) is 20.6. The van der Waals surface area contributed by atoms with Crippen LogP contribution < -0.4 is 0 Å². The molecule has 1 aliphatic carbocycles. The van der Waals surface area contributed by atoms with Crippen molar-refractivity contribution in [1.29, 1.82) is 0 Å². The van der Waals surface area contributed by atoms with Crippen LogP contribution in [0.25, 0.3) is 21.3 Å². The number of halogens is 2. The van der Waals surface area contributed by atoms with E-state index in [-0.39, 0.29) is 0 Å². The predicted octanol–water partition coefficient (Wildman–Crippen LogP) is 7.43. The minimum atomic E-state index is -0.804. The van der Waals surface area contributed by atoms with Crippen LogP contribution >= 0.6 is 34.5 Å². The Kier molecular flexibility index (Phi) is 5.87. The molecule has 3 aromatic rings. The number of hydrogen-bond donors (Lipinski definition) is 1. The Labute approximate surface area is 184 Å². The van der Waals surface area contributed by atoms with Crippen molar-refractivity contribution in [3.63, 3.8) is 0 Å². The van der Waals surface area contributed by atoms with Gasteiger partial charge in [-0.15, -0.1) is 11.3 Å². The minimum absolute atomic E-state index is 0.476. The van der Waals surface area contributed by atoms with E-state index < -0.39 is 11.9 Å². The molecule has 0 saturated heterocycles. The number of benzene rings is 1. The van der Waals surface area contributed by atoms with Gasteiger partial charge in [0.05, 0.1) is 16.0 Å². The van der Waals surface area contributed by atoms with Crippen LogP contribution in [0.1, 0.15) is 60.2 Å². The molecule has 29 heavy (non-hydrogen) atoms. The van der Waals surface area contributed by atoms with Gasteiger partial charge in [-0.05, 0) is 73.4 Å².